The molecule has 0 unspecified atom stereocenters. The fourth-order valence-corrected chi connectivity index (χ4v) is 2.70. The fourth-order valence-electron chi connectivity index (χ4n) is 2.58. The van der Waals surface area contributed by atoms with Gasteiger partial charge in [-0.05, 0) is 30.3 Å². The quantitative estimate of drug-likeness (QED) is 0.643. The highest BCUT2D eigenvalue weighted by Crippen LogP contribution is 2.23. The van der Waals surface area contributed by atoms with Gasteiger partial charge in [-0.3, -0.25) is 9.59 Å². The highest BCUT2D eigenvalue weighted by Gasteiger charge is 2.17. The van der Waals surface area contributed by atoms with Gasteiger partial charge >= 0.3 is 0 Å². The molecule has 27 heavy (non-hydrogen) atoms. The van der Waals surface area contributed by atoms with Crippen molar-refractivity contribution in [3.05, 3.63) is 71.4 Å². The van der Waals surface area contributed by atoms with Crippen LogP contribution in [0.2, 0.25) is 5.02 Å². The molecule has 6 nitrogen and oxygen atoms in total. The van der Waals surface area contributed by atoms with Crippen molar-refractivity contribution >= 4 is 23.4 Å². The molecule has 3 rings (SSSR count). The lowest BCUT2D eigenvalue weighted by atomic mass is 10.1. The maximum Gasteiger partial charge on any atom is 0.270 e. The number of hydrogen-bond donors (Lipinski definition) is 2. The van der Waals surface area contributed by atoms with Crippen molar-refractivity contribution in [3.8, 4) is 16.9 Å². The van der Waals surface area contributed by atoms with Crippen molar-refractivity contribution < 1.29 is 9.59 Å². The van der Waals surface area contributed by atoms with Crippen molar-refractivity contribution in [1.29, 1.82) is 0 Å². The van der Waals surface area contributed by atoms with E-state index in [2.05, 4.69) is 15.7 Å². The number of aromatic nitrogens is 2. The molecule has 0 atom stereocenters. The summed E-state index contributed by atoms with van der Waals surface area (Å²) in [5.74, 6) is -0.402. The topological polar surface area (TPSA) is 76.0 Å². The number of carbonyl (C=O) groups is 2. The van der Waals surface area contributed by atoms with E-state index >= 15 is 0 Å². The number of benzene rings is 2. The SMILES string of the molecule is CC(=O)NCCNC(=O)c1cc(-c2ccc(Cl)cc2)nn1-c1ccccc1. The minimum Gasteiger partial charge on any atom is -0.355 e. The molecule has 0 aliphatic carbocycles. The van der Waals surface area contributed by atoms with Crippen LogP contribution in [0.15, 0.2) is 60.7 Å². The number of amides is 2. The van der Waals surface area contributed by atoms with Crippen LogP contribution in [0, 0.1) is 0 Å². The van der Waals surface area contributed by atoms with Gasteiger partial charge in [0, 0.05) is 30.6 Å². The molecule has 1 heterocycles. The van der Waals surface area contributed by atoms with E-state index in [4.69, 9.17) is 11.6 Å². The molecule has 0 saturated heterocycles. The van der Waals surface area contributed by atoms with Gasteiger partial charge in [0.05, 0.1) is 11.4 Å². The summed E-state index contributed by atoms with van der Waals surface area (Å²) in [6.45, 7) is 2.13. The highest BCUT2D eigenvalue weighted by molar-refractivity contribution is 6.30. The predicted octanol–water partition coefficient (Wildman–Crippen LogP) is 3.06. The van der Waals surface area contributed by atoms with E-state index < -0.39 is 0 Å². The summed E-state index contributed by atoms with van der Waals surface area (Å²) in [6, 6.07) is 18.5. The molecular formula is C20H19ClN4O2. The summed E-state index contributed by atoms with van der Waals surface area (Å²) in [5, 5.41) is 10.7. The Kier molecular flexibility index (Phi) is 5.88. The Hall–Kier alpha value is -3.12. The average Bonchev–Trinajstić information content (AvgIpc) is 3.12. The summed E-state index contributed by atoms with van der Waals surface area (Å²) in [5.41, 5.74) is 2.72. The van der Waals surface area contributed by atoms with Gasteiger partial charge < -0.3 is 10.6 Å². The van der Waals surface area contributed by atoms with E-state index in [1.165, 1.54) is 6.92 Å². The number of halogens is 1. The van der Waals surface area contributed by atoms with Gasteiger partial charge in [0.15, 0.2) is 0 Å². The third kappa shape index (κ3) is 4.74. The monoisotopic (exact) mass is 382 g/mol. The molecule has 0 aliphatic heterocycles. The van der Waals surface area contributed by atoms with Crippen molar-refractivity contribution in [1.82, 2.24) is 20.4 Å². The summed E-state index contributed by atoms with van der Waals surface area (Å²) >= 11 is 5.96. The predicted molar refractivity (Wildman–Crippen MR) is 105 cm³/mol. The van der Waals surface area contributed by atoms with Gasteiger partial charge in [-0.2, -0.15) is 5.10 Å². The Morgan fingerprint density at radius 1 is 1.00 bits per heavy atom. The van der Waals surface area contributed by atoms with Gasteiger partial charge in [0.1, 0.15) is 5.69 Å². The zero-order valence-corrected chi connectivity index (χ0v) is 15.5. The van der Waals surface area contributed by atoms with Gasteiger partial charge in [0.25, 0.3) is 5.91 Å². The Balaban J connectivity index is 1.89. The maximum atomic E-state index is 12.7. The van der Waals surface area contributed by atoms with Gasteiger partial charge in [0.2, 0.25) is 5.91 Å². The first-order chi connectivity index (χ1) is 13.0. The second-order valence-corrected chi connectivity index (χ2v) is 6.34. The van der Waals surface area contributed by atoms with Crippen molar-refractivity contribution in [2.45, 2.75) is 6.92 Å². The molecule has 138 valence electrons. The Morgan fingerprint density at radius 3 is 2.33 bits per heavy atom. The lowest BCUT2D eigenvalue weighted by Gasteiger charge is -2.08. The number of nitrogens with one attached hydrogen (secondary N) is 2. The van der Waals surface area contributed by atoms with E-state index in [-0.39, 0.29) is 11.8 Å². The molecule has 2 amide bonds. The van der Waals surface area contributed by atoms with E-state index in [1.807, 2.05) is 42.5 Å². The number of para-hydroxylation sites is 1. The molecule has 1 aromatic heterocycles. The van der Waals surface area contributed by atoms with Gasteiger partial charge in [-0.15, -0.1) is 0 Å². The van der Waals surface area contributed by atoms with Crippen LogP contribution in [-0.2, 0) is 4.79 Å². The summed E-state index contributed by atoms with van der Waals surface area (Å²) < 4.78 is 1.61. The lowest BCUT2D eigenvalue weighted by molar-refractivity contribution is -0.118. The number of carbonyl (C=O) groups excluding carboxylic acids is 2. The highest BCUT2D eigenvalue weighted by atomic mass is 35.5. The second kappa shape index (κ2) is 8.51. The first-order valence-corrected chi connectivity index (χ1v) is 8.86. The fraction of sp³-hybridized carbons (Fsp3) is 0.150. The number of nitrogens with zero attached hydrogens (tertiary/aromatic N) is 2. The molecule has 2 N–H and O–H groups in total. The number of rotatable bonds is 6. The number of hydrogen-bond acceptors (Lipinski definition) is 3. The Labute approximate surface area is 162 Å². The first kappa shape index (κ1) is 18.7. The van der Waals surface area contributed by atoms with Crippen LogP contribution < -0.4 is 10.6 Å². The van der Waals surface area contributed by atoms with Crippen LogP contribution in [0.5, 0.6) is 0 Å². The van der Waals surface area contributed by atoms with E-state index in [1.54, 1.807) is 22.9 Å². The summed E-state index contributed by atoms with van der Waals surface area (Å²) in [4.78, 5) is 23.6. The van der Waals surface area contributed by atoms with Crippen LogP contribution in [0.25, 0.3) is 16.9 Å². The van der Waals surface area contributed by atoms with Crippen molar-refractivity contribution in [3.63, 3.8) is 0 Å². The van der Waals surface area contributed by atoms with Crippen LogP contribution in [-0.4, -0.2) is 34.7 Å². The van der Waals surface area contributed by atoms with Crippen LogP contribution in [0.3, 0.4) is 0 Å². The molecule has 0 aliphatic rings. The van der Waals surface area contributed by atoms with E-state index in [0.717, 1.165) is 11.3 Å². The minimum atomic E-state index is -0.267. The standard InChI is InChI=1S/C20H19ClN4O2/c1-14(26)22-11-12-23-20(27)19-13-18(15-7-9-16(21)10-8-15)24-25(19)17-5-3-2-4-6-17/h2-10,13H,11-12H2,1H3,(H,22,26)(H,23,27). The largest absolute Gasteiger partial charge is 0.355 e. The Bertz CT molecular complexity index is 936. The minimum absolute atomic E-state index is 0.136. The van der Waals surface area contributed by atoms with Crippen molar-refractivity contribution in [2.24, 2.45) is 0 Å². The smallest absolute Gasteiger partial charge is 0.270 e. The maximum absolute atomic E-state index is 12.7. The summed E-state index contributed by atoms with van der Waals surface area (Å²) in [7, 11) is 0. The molecule has 0 radical (unpaired) electrons. The zero-order valence-electron chi connectivity index (χ0n) is 14.8. The van der Waals surface area contributed by atoms with E-state index in [0.29, 0.717) is 29.5 Å². The molecular weight excluding hydrogens is 364 g/mol. The lowest BCUT2D eigenvalue weighted by Crippen LogP contribution is -2.34. The second-order valence-electron chi connectivity index (χ2n) is 5.91. The molecule has 0 bridgehead atoms. The molecule has 2 aromatic carbocycles. The van der Waals surface area contributed by atoms with Crippen LogP contribution >= 0.6 is 11.6 Å². The normalized spacial score (nSPS) is 10.4. The molecule has 0 saturated carbocycles. The Morgan fingerprint density at radius 2 is 1.67 bits per heavy atom. The third-order valence-electron chi connectivity index (χ3n) is 3.87. The van der Waals surface area contributed by atoms with Crippen molar-refractivity contribution in [2.75, 3.05) is 13.1 Å². The van der Waals surface area contributed by atoms with Gasteiger partial charge in [-0.25, -0.2) is 4.68 Å². The molecule has 0 fully saturated rings. The summed E-state index contributed by atoms with van der Waals surface area (Å²) in [6.07, 6.45) is 0. The van der Waals surface area contributed by atoms with E-state index in [9.17, 15) is 9.59 Å². The van der Waals surface area contributed by atoms with Crippen LogP contribution in [0.4, 0.5) is 0 Å². The molecule has 7 heteroatoms. The zero-order chi connectivity index (χ0) is 19.2. The molecule has 0 spiro atoms. The molecule has 3 aromatic rings. The third-order valence-corrected chi connectivity index (χ3v) is 4.12. The first-order valence-electron chi connectivity index (χ1n) is 8.48. The van der Waals surface area contributed by atoms with Gasteiger partial charge in [-0.1, -0.05) is 41.9 Å². The average molecular weight is 383 g/mol. The van der Waals surface area contributed by atoms with Crippen LogP contribution in [0.1, 0.15) is 17.4 Å².